The number of amides is 1. The summed E-state index contributed by atoms with van der Waals surface area (Å²) >= 11 is 0. The van der Waals surface area contributed by atoms with E-state index in [-0.39, 0.29) is 11.7 Å². The summed E-state index contributed by atoms with van der Waals surface area (Å²) in [5, 5.41) is 15.6. The maximum atomic E-state index is 11.9. The molecule has 0 bridgehead atoms. The number of piperidine rings is 1. The van der Waals surface area contributed by atoms with Crippen LogP contribution in [0.3, 0.4) is 0 Å². The second kappa shape index (κ2) is 5.87. The number of benzene rings is 1. The van der Waals surface area contributed by atoms with E-state index >= 15 is 0 Å². The van der Waals surface area contributed by atoms with Gasteiger partial charge in [0.15, 0.2) is 0 Å². The van der Waals surface area contributed by atoms with Crippen molar-refractivity contribution in [3.8, 4) is 5.75 Å². The topological polar surface area (TPSA) is 61.4 Å². The van der Waals surface area contributed by atoms with Gasteiger partial charge in [0.1, 0.15) is 5.75 Å². The van der Waals surface area contributed by atoms with Gasteiger partial charge in [-0.2, -0.15) is 0 Å². The quantitative estimate of drug-likeness (QED) is 0.757. The van der Waals surface area contributed by atoms with E-state index in [1.807, 2.05) is 0 Å². The van der Waals surface area contributed by atoms with E-state index in [9.17, 15) is 9.90 Å². The minimum absolute atomic E-state index is 0.114. The van der Waals surface area contributed by atoms with Gasteiger partial charge in [-0.25, -0.2) is 0 Å². The van der Waals surface area contributed by atoms with Gasteiger partial charge >= 0.3 is 0 Å². The molecule has 3 N–H and O–H groups in total. The van der Waals surface area contributed by atoms with E-state index in [1.165, 1.54) is 6.07 Å². The highest BCUT2D eigenvalue weighted by atomic mass is 16.3. The Balaban J connectivity index is 1.88. The van der Waals surface area contributed by atoms with Crippen molar-refractivity contribution in [1.82, 2.24) is 10.6 Å². The summed E-state index contributed by atoms with van der Waals surface area (Å²) in [6.45, 7) is 4.96. The number of rotatable bonds is 3. The van der Waals surface area contributed by atoms with Gasteiger partial charge in [0.2, 0.25) is 0 Å². The van der Waals surface area contributed by atoms with Crippen LogP contribution in [0.25, 0.3) is 0 Å². The fourth-order valence-corrected chi connectivity index (χ4v) is 2.34. The minimum atomic E-state index is -0.114. The highest BCUT2D eigenvalue weighted by molar-refractivity contribution is 5.94. The van der Waals surface area contributed by atoms with Crippen molar-refractivity contribution in [2.75, 3.05) is 19.6 Å². The third-order valence-electron chi connectivity index (χ3n) is 3.60. The van der Waals surface area contributed by atoms with E-state index in [0.717, 1.165) is 19.5 Å². The first-order valence-electron chi connectivity index (χ1n) is 6.45. The van der Waals surface area contributed by atoms with Gasteiger partial charge in [-0.1, -0.05) is 13.0 Å². The lowest BCUT2D eigenvalue weighted by atomic mass is 9.88. The molecule has 0 radical (unpaired) electrons. The summed E-state index contributed by atoms with van der Waals surface area (Å²) in [5.41, 5.74) is 0.511. The van der Waals surface area contributed by atoms with Crippen LogP contribution in [0.5, 0.6) is 5.75 Å². The van der Waals surface area contributed by atoms with Gasteiger partial charge in [0.25, 0.3) is 5.91 Å². The second-order valence-electron chi connectivity index (χ2n) is 4.99. The lowest BCUT2D eigenvalue weighted by Gasteiger charge is -2.29. The maximum Gasteiger partial charge on any atom is 0.251 e. The van der Waals surface area contributed by atoms with E-state index in [0.29, 0.717) is 23.9 Å². The van der Waals surface area contributed by atoms with Gasteiger partial charge in [0.05, 0.1) is 0 Å². The average molecular weight is 248 g/mol. The van der Waals surface area contributed by atoms with Crippen molar-refractivity contribution in [1.29, 1.82) is 0 Å². The molecule has 1 amide bonds. The molecule has 0 aromatic heterocycles. The molecule has 0 saturated carbocycles. The molecule has 4 nitrogen and oxygen atoms in total. The van der Waals surface area contributed by atoms with Gasteiger partial charge in [-0.3, -0.25) is 4.79 Å². The molecular formula is C14H20N2O2. The Bertz CT molecular complexity index is 420. The number of carbonyl (C=O) groups excluding carboxylic acids is 1. The molecule has 4 heteroatoms. The molecule has 2 rings (SSSR count). The first-order valence-corrected chi connectivity index (χ1v) is 6.45. The fourth-order valence-electron chi connectivity index (χ4n) is 2.34. The Morgan fingerprint density at radius 2 is 2.39 bits per heavy atom. The monoisotopic (exact) mass is 248 g/mol. The number of phenolic OH excluding ortho intramolecular Hbond substituents is 1. The third-order valence-corrected chi connectivity index (χ3v) is 3.60. The zero-order valence-electron chi connectivity index (χ0n) is 10.6. The van der Waals surface area contributed by atoms with Crippen LogP contribution in [0.15, 0.2) is 24.3 Å². The molecule has 1 fully saturated rings. The third kappa shape index (κ3) is 3.23. The molecule has 1 aromatic rings. The van der Waals surface area contributed by atoms with E-state index < -0.39 is 0 Å². The number of phenols is 1. The number of aromatic hydroxyl groups is 1. The normalized spacial score (nSPS) is 23.6. The van der Waals surface area contributed by atoms with Crippen molar-refractivity contribution in [3.05, 3.63) is 29.8 Å². The van der Waals surface area contributed by atoms with Crippen LogP contribution in [0, 0.1) is 11.8 Å². The van der Waals surface area contributed by atoms with Crippen molar-refractivity contribution in [3.63, 3.8) is 0 Å². The van der Waals surface area contributed by atoms with Gasteiger partial charge in [-0.15, -0.1) is 0 Å². The smallest absolute Gasteiger partial charge is 0.251 e. The van der Waals surface area contributed by atoms with E-state index in [2.05, 4.69) is 17.6 Å². The SMILES string of the molecule is CC1CNCCC1CNC(=O)c1cccc(O)c1. The fraction of sp³-hybridized carbons (Fsp3) is 0.500. The Kier molecular flexibility index (Phi) is 4.20. The Morgan fingerprint density at radius 3 is 3.11 bits per heavy atom. The molecule has 18 heavy (non-hydrogen) atoms. The summed E-state index contributed by atoms with van der Waals surface area (Å²) in [4.78, 5) is 11.9. The molecule has 1 aliphatic heterocycles. The zero-order valence-corrected chi connectivity index (χ0v) is 10.6. The lowest BCUT2D eigenvalue weighted by Crippen LogP contribution is -2.41. The predicted octanol–water partition coefficient (Wildman–Crippen LogP) is 1.37. The average Bonchev–Trinajstić information content (AvgIpc) is 2.37. The van der Waals surface area contributed by atoms with Crippen LogP contribution in [-0.4, -0.2) is 30.6 Å². The van der Waals surface area contributed by atoms with Gasteiger partial charge < -0.3 is 15.7 Å². The van der Waals surface area contributed by atoms with Crippen LogP contribution in [0.1, 0.15) is 23.7 Å². The Hall–Kier alpha value is -1.55. The molecule has 1 aliphatic rings. The Labute approximate surface area is 107 Å². The summed E-state index contributed by atoms with van der Waals surface area (Å²) in [6, 6.07) is 6.44. The molecular weight excluding hydrogens is 228 g/mol. The van der Waals surface area contributed by atoms with Crippen molar-refractivity contribution < 1.29 is 9.90 Å². The summed E-state index contributed by atoms with van der Waals surface area (Å²) in [7, 11) is 0. The molecule has 2 unspecified atom stereocenters. The van der Waals surface area contributed by atoms with E-state index in [1.54, 1.807) is 18.2 Å². The van der Waals surface area contributed by atoms with Crippen LogP contribution in [0.2, 0.25) is 0 Å². The van der Waals surface area contributed by atoms with Gasteiger partial charge in [-0.05, 0) is 49.5 Å². The van der Waals surface area contributed by atoms with Crippen molar-refractivity contribution in [2.45, 2.75) is 13.3 Å². The number of hydrogen-bond acceptors (Lipinski definition) is 3. The van der Waals surface area contributed by atoms with Crippen LogP contribution >= 0.6 is 0 Å². The second-order valence-corrected chi connectivity index (χ2v) is 4.99. The minimum Gasteiger partial charge on any atom is -0.508 e. The molecule has 1 aromatic carbocycles. The molecule has 0 aliphatic carbocycles. The van der Waals surface area contributed by atoms with Crippen LogP contribution in [-0.2, 0) is 0 Å². The highest BCUT2D eigenvalue weighted by Crippen LogP contribution is 2.18. The first kappa shape index (κ1) is 12.9. The highest BCUT2D eigenvalue weighted by Gasteiger charge is 2.21. The zero-order chi connectivity index (χ0) is 13.0. The molecule has 98 valence electrons. The standard InChI is InChI=1S/C14H20N2O2/c1-10-8-15-6-5-12(10)9-16-14(18)11-3-2-4-13(17)7-11/h2-4,7,10,12,15,17H,5-6,8-9H2,1H3,(H,16,18). The molecule has 0 spiro atoms. The van der Waals surface area contributed by atoms with Crippen LogP contribution < -0.4 is 10.6 Å². The Morgan fingerprint density at radius 1 is 1.56 bits per heavy atom. The maximum absolute atomic E-state index is 11.9. The summed E-state index contributed by atoms with van der Waals surface area (Å²) in [5.74, 6) is 1.13. The lowest BCUT2D eigenvalue weighted by molar-refractivity contribution is 0.0937. The molecule has 1 heterocycles. The van der Waals surface area contributed by atoms with Crippen molar-refractivity contribution in [2.24, 2.45) is 11.8 Å². The number of nitrogens with one attached hydrogen (secondary N) is 2. The van der Waals surface area contributed by atoms with Crippen molar-refractivity contribution >= 4 is 5.91 Å². The summed E-state index contributed by atoms with van der Waals surface area (Å²) < 4.78 is 0. The molecule has 2 atom stereocenters. The number of carbonyl (C=O) groups is 1. The number of hydrogen-bond donors (Lipinski definition) is 3. The predicted molar refractivity (Wildman–Crippen MR) is 70.6 cm³/mol. The van der Waals surface area contributed by atoms with Gasteiger partial charge in [0, 0.05) is 12.1 Å². The largest absolute Gasteiger partial charge is 0.508 e. The summed E-state index contributed by atoms with van der Waals surface area (Å²) in [6.07, 6.45) is 1.10. The molecule has 1 saturated heterocycles. The van der Waals surface area contributed by atoms with Crippen LogP contribution in [0.4, 0.5) is 0 Å². The first-order chi connectivity index (χ1) is 8.66. The van der Waals surface area contributed by atoms with E-state index in [4.69, 9.17) is 0 Å².